The lowest BCUT2D eigenvalue weighted by atomic mass is 10.1. The first-order valence-electron chi connectivity index (χ1n) is 24.2. The van der Waals surface area contributed by atoms with E-state index in [1.165, 1.54) is 167 Å². The van der Waals surface area contributed by atoms with Gasteiger partial charge >= 0.3 is 17.9 Å². The van der Waals surface area contributed by atoms with Crippen LogP contribution in [0, 0.1) is 0 Å². The van der Waals surface area contributed by atoms with Gasteiger partial charge in [-0.15, -0.1) is 0 Å². The number of allylic oxidation sites excluding steroid dienone is 2. The molecule has 0 aromatic rings. The standard InChI is InChI=1S/C49H92O6/c1-4-7-10-13-16-18-19-20-21-22-23-24-25-26-27-28-29-31-33-36-39-42-48(51)54-45-46(44-53-47(50)41-38-35-32-15-12-9-6-3)55-49(52)43-40-37-34-30-17-14-11-8-5-2/h22-23,46H,4-21,24-45H2,1-3H3/b23-22-. The third-order valence-electron chi connectivity index (χ3n) is 10.8. The largest absolute Gasteiger partial charge is 0.462 e. The normalized spacial score (nSPS) is 12.0. The molecule has 0 amide bonds. The molecule has 0 radical (unpaired) electrons. The first kappa shape index (κ1) is 53.1. The second kappa shape index (κ2) is 44.9. The molecule has 0 saturated carbocycles. The van der Waals surface area contributed by atoms with E-state index in [0.717, 1.165) is 57.8 Å². The van der Waals surface area contributed by atoms with E-state index in [-0.39, 0.29) is 31.1 Å². The molecule has 0 heterocycles. The van der Waals surface area contributed by atoms with Crippen molar-refractivity contribution in [1.82, 2.24) is 0 Å². The van der Waals surface area contributed by atoms with Crippen molar-refractivity contribution in [2.75, 3.05) is 13.2 Å². The molecule has 0 aliphatic rings. The number of hydrogen-bond donors (Lipinski definition) is 0. The van der Waals surface area contributed by atoms with Crippen molar-refractivity contribution >= 4 is 17.9 Å². The minimum absolute atomic E-state index is 0.0673. The summed E-state index contributed by atoms with van der Waals surface area (Å²) in [7, 11) is 0. The highest BCUT2D eigenvalue weighted by Crippen LogP contribution is 2.15. The number of ether oxygens (including phenoxy) is 3. The maximum Gasteiger partial charge on any atom is 0.306 e. The third kappa shape index (κ3) is 43.1. The Hall–Kier alpha value is -1.85. The Morgan fingerprint density at radius 3 is 0.909 bits per heavy atom. The van der Waals surface area contributed by atoms with Gasteiger partial charge in [-0.1, -0.05) is 213 Å². The Morgan fingerprint density at radius 2 is 0.600 bits per heavy atom. The van der Waals surface area contributed by atoms with Crippen molar-refractivity contribution in [3.8, 4) is 0 Å². The summed E-state index contributed by atoms with van der Waals surface area (Å²) in [6.07, 6.45) is 47.9. The molecule has 0 aliphatic heterocycles. The second-order valence-electron chi connectivity index (χ2n) is 16.4. The highest BCUT2D eigenvalue weighted by Gasteiger charge is 2.19. The van der Waals surface area contributed by atoms with Crippen molar-refractivity contribution in [2.24, 2.45) is 0 Å². The predicted octanol–water partition coefficient (Wildman–Crippen LogP) is 15.4. The second-order valence-corrected chi connectivity index (χ2v) is 16.4. The molecule has 0 aromatic heterocycles. The molecule has 0 saturated heterocycles. The van der Waals surface area contributed by atoms with E-state index in [1.54, 1.807) is 0 Å². The SMILES string of the molecule is CCCCCCCCCC/C=C\CCCCCCCCCCCC(=O)OCC(COC(=O)CCCCCCCCC)OC(=O)CCCCCCCCCCC. The number of carbonyl (C=O) groups is 3. The number of rotatable bonds is 44. The Balaban J connectivity index is 4.11. The third-order valence-corrected chi connectivity index (χ3v) is 10.8. The molecule has 1 atom stereocenters. The van der Waals surface area contributed by atoms with E-state index in [0.29, 0.717) is 19.3 Å². The van der Waals surface area contributed by atoms with Crippen LogP contribution >= 0.6 is 0 Å². The lowest BCUT2D eigenvalue weighted by Crippen LogP contribution is -2.30. The Bertz CT molecular complexity index is 854. The minimum atomic E-state index is -0.760. The first-order chi connectivity index (χ1) is 27.0. The molecule has 324 valence electrons. The average molecular weight is 777 g/mol. The van der Waals surface area contributed by atoms with Gasteiger partial charge in [-0.2, -0.15) is 0 Å². The van der Waals surface area contributed by atoms with E-state index in [1.807, 2.05) is 0 Å². The fourth-order valence-electron chi connectivity index (χ4n) is 7.08. The van der Waals surface area contributed by atoms with Crippen LogP contribution in [0.5, 0.6) is 0 Å². The molecule has 0 bridgehead atoms. The lowest BCUT2D eigenvalue weighted by molar-refractivity contribution is -0.167. The van der Waals surface area contributed by atoms with Gasteiger partial charge in [0.1, 0.15) is 13.2 Å². The van der Waals surface area contributed by atoms with Crippen LogP contribution in [-0.4, -0.2) is 37.2 Å². The summed E-state index contributed by atoms with van der Waals surface area (Å²) in [5.41, 5.74) is 0. The number of esters is 3. The Morgan fingerprint density at radius 1 is 0.345 bits per heavy atom. The molecule has 0 fully saturated rings. The van der Waals surface area contributed by atoms with E-state index >= 15 is 0 Å². The molecule has 6 heteroatoms. The zero-order valence-corrected chi connectivity index (χ0v) is 37.0. The van der Waals surface area contributed by atoms with Crippen LogP contribution in [0.4, 0.5) is 0 Å². The predicted molar refractivity (Wildman–Crippen MR) is 233 cm³/mol. The van der Waals surface area contributed by atoms with Gasteiger partial charge in [-0.25, -0.2) is 0 Å². The summed E-state index contributed by atoms with van der Waals surface area (Å²) in [4.78, 5) is 37.6. The van der Waals surface area contributed by atoms with Gasteiger partial charge in [0.2, 0.25) is 0 Å². The van der Waals surface area contributed by atoms with Crippen molar-refractivity contribution < 1.29 is 28.6 Å². The van der Waals surface area contributed by atoms with E-state index < -0.39 is 6.10 Å². The molecule has 0 aliphatic carbocycles. The van der Waals surface area contributed by atoms with Gasteiger partial charge in [-0.05, 0) is 44.9 Å². The van der Waals surface area contributed by atoms with Crippen LogP contribution in [0.2, 0.25) is 0 Å². The van der Waals surface area contributed by atoms with Crippen molar-refractivity contribution in [3.63, 3.8) is 0 Å². The Kier molecular flexibility index (Phi) is 43.4. The van der Waals surface area contributed by atoms with Crippen LogP contribution in [0.15, 0.2) is 12.2 Å². The molecular formula is C49H92O6. The molecule has 0 N–H and O–H groups in total. The summed E-state index contributed by atoms with van der Waals surface area (Å²) < 4.78 is 16.6. The minimum Gasteiger partial charge on any atom is -0.462 e. The van der Waals surface area contributed by atoms with Gasteiger partial charge in [-0.3, -0.25) is 14.4 Å². The highest BCUT2D eigenvalue weighted by atomic mass is 16.6. The molecule has 1 unspecified atom stereocenters. The van der Waals surface area contributed by atoms with Crippen molar-refractivity contribution in [2.45, 2.75) is 271 Å². The van der Waals surface area contributed by atoms with Crippen LogP contribution < -0.4 is 0 Å². The summed E-state index contributed by atoms with van der Waals surface area (Å²) in [6.45, 7) is 6.59. The molecular weight excluding hydrogens is 685 g/mol. The van der Waals surface area contributed by atoms with Crippen LogP contribution in [0.3, 0.4) is 0 Å². The number of carbonyl (C=O) groups excluding carboxylic acids is 3. The van der Waals surface area contributed by atoms with Gasteiger partial charge in [0.05, 0.1) is 0 Å². The zero-order chi connectivity index (χ0) is 40.1. The van der Waals surface area contributed by atoms with E-state index in [2.05, 4.69) is 32.9 Å². The van der Waals surface area contributed by atoms with Crippen LogP contribution in [0.25, 0.3) is 0 Å². The summed E-state index contributed by atoms with van der Waals surface area (Å²) in [5.74, 6) is -0.869. The summed E-state index contributed by atoms with van der Waals surface area (Å²) >= 11 is 0. The van der Waals surface area contributed by atoms with Gasteiger partial charge in [0.25, 0.3) is 0 Å². The van der Waals surface area contributed by atoms with Crippen LogP contribution in [0.1, 0.15) is 265 Å². The van der Waals surface area contributed by atoms with Crippen molar-refractivity contribution in [1.29, 1.82) is 0 Å². The topological polar surface area (TPSA) is 78.9 Å². The Labute approximate surface area is 341 Å². The summed E-state index contributed by atoms with van der Waals surface area (Å²) in [6, 6.07) is 0. The molecule has 55 heavy (non-hydrogen) atoms. The van der Waals surface area contributed by atoms with Gasteiger partial charge in [0.15, 0.2) is 6.10 Å². The van der Waals surface area contributed by atoms with E-state index in [4.69, 9.17) is 14.2 Å². The number of hydrogen-bond acceptors (Lipinski definition) is 6. The molecule has 6 nitrogen and oxygen atoms in total. The fourth-order valence-corrected chi connectivity index (χ4v) is 7.08. The zero-order valence-electron chi connectivity index (χ0n) is 37.0. The first-order valence-corrected chi connectivity index (χ1v) is 24.2. The smallest absolute Gasteiger partial charge is 0.306 e. The lowest BCUT2D eigenvalue weighted by Gasteiger charge is -2.18. The molecule has 0 aromatic carbocycles. The van der Waals surface area contributed by atoms with Gasteiger partial charge in [0, 0.05) is 19.3 Å². The van der Waals surface area contributed by atoms with E-state index in [9.17, 15) is 14.4 Å². The number of unbranched alkanes of at least 4 members (excludes halogenated alkanes) is 31. The van der Waals surface area contributed by atoms with Crippen molar-refractivity contribution in [3.05, 3.63) is 12.2 Å². The fraction of sp³-hybridized carbons (Fsp3) is 0.898. The maximum atomic E-state index is 12.6. The molecule has 0 spiro atoms. The quantitative estimate of drug-likeness (QED) is 0.0265. The summed E-state index contributed by atoms with van der Waals surface area (Å²) in [5, 5.41) is 0. The van der Waals surface area contributed by atoms with Crippen LogP contribution in [-0.2, 0) is 28.6 Å². The molecule has 0 rings (SSSR count). The maximum absolute atomic E-state index is 12.6. The highest BCUT2D eigenvalue weighted by molar-refractivity contribution is 5.71. The average Bonchev–Trinajstić information content (AvgIpc) is 3.18. The van der Waals surface area contributed by atoms with Gasteiger partial charge < -0.3 is 14.2 Å². The monoisotopic (exact) mass is 777 g/mol.